The zero-order valence-corrected chi connectivity index (χ0v) is 14.7. The van der Waals surface area contributed by atoms with E-state index in [0.29, 0.717) is 0 Å². The molecule has 19 heavy (non-hydrogen) atoms. The normalized spacial score (nSPS) is 20.2. The van der Waals surface area contributed by atoms with Crippen LogP contribution in [0, 0.1) is 0 Å². The van der Waals surface area contributed by atoms with Crippen molar-refractivity contribution in [2.75, 3.05) is 0 Å². The van der Waals surface area contributed by atoms with Gasteiger partial charge in [0.2, 0.25) is 0 Å². The average Bonchev–Trinajstić information content (AvgIpc) is 2.38. The molecule has 0 fully saturated rings. The van der Waals surface area contributed by atoms with E-state index < -0.39 is 8.80 Å². The molecule has 0 N–H and O–H groups in total. The van der Waals surface area contributed by atoms with Crippen LogP contribution in [-0.2, 0) is 13.3 Å². The third-order valence-corrected chi connectivity index (χ3v) is 6.13. The Bertz CT molecular complexity index is 224. The first-order valence-corrected chi connectivity index (χ1v) is 9.40. The van der Waals surface area contributed by atoms with Crippen LogP contribution in [0.15, 0.2) is 11.8 Å². The molecule has 0 spiro atoms. The molecule has 0 amide bonds. The molecule has 3 nitrogen and oxygen atoms in total. The van der Waals surface area contributed by atoms with Gasteiger partial charge in [0.25, 0.3) is 0 Å². The summed E-state index contributed by atoms with van der Waals surface area (Å²) in [5.74, 6) is 0. The topological polar surface area (TPSA) is 27.7 Å². The minimum absolute atomic E-state index is 0.149. The molecular formula is C15H32O3Si. The molecule has 3 unspecified atom stereocenters. The van der Waals surface area contributed by atoms with Crippen molar-refractivity contribution >= 4 is 8.80 Å². The maximum absolute atomic E-state index is 6.18. The molecule has 0 bridgehead atoms. The van der Waals surface area contributed by atoms with Crippen LogP contribution in [0.4, 0.5) is 0 Å². The highest BCUT2D eigenvalue weighted by atomic mass is 28.4. The highest BCUT2D eigenvalue weighted by molar-refractivity contribution is 6.66. The number of hydrogen-bond acceptors (Lipinski definition) is 3. The van der Waals surface area contributed by atoms with E-state index in [4.69, 9.17) is 13.3 Å². The summed E-state index contributed by atoms with van der Waals surface area (Å²) < 4.78 is 18.5. The Labute approximate surface area is 120 Å². The van der Waals surface area contributed by atoms with Gasteiger partial charge in [-0.2, -0.15) is 0 Å². The van der Waals surface area contributed by atoms with Gasteiger partial charge in [-0.1, -0.05) is 26.8 Å². The highest BCUT2D eigenvalue weighted by Crippen LogP contribution is 2.21. The van der Waals surface area contributed by atoms with E-state index in [2.05, 4.69) is 41.5 Å². The second-order valence-corrected chi connectivity index (χ2v) is 7.36. The van der Waals surface area contributed by atoms with E-state index in [-0.39, 0.29) is 18.3 Å². The molecule has 0 saturated heterocycles. The maximum atomic E-state index is 6.18. The molecule has 0 aromatic rings. The third-order valence-electron chi connectivity index (χ3n) is 3.19. The summed E-state index contributed by atoms with van der Waals surface area (Å²) >= 11 is 0. The van der Waals surface area contributed by atoms with Crippen molar-refractivity contribution in [1.82, 2.24) is 0 Å². The Morgan fingerprint density at radius 3 is 1.32 bits per heavy atom. The summed E-state index contributed by atoms with van der Waals surface area (Å²) in [6.07, 6.45) is 5.31. The minimum Gasteiger partial charge on any atom is -0.368 e. The van der Waals surface area contributed by atoms with Crippen molar-refractivity contribution in [3.8, 4) is 0 Å². The Morgan fingerprint density at radius 2 is 1.11 bits per heavy atom. The van der Waals surface area contributed by atoms with E-state index in [0.717, 1.165) is 19.3 Å². The van der Waals surface area contributed by atoms with Crippen molar-refractivity contribution in [2.45, 2.75) is 86.0 Å². The maximum Gasteiger partial charge on any atom is 0.529 e. The summed E-state index contributed by atoms with van der Waals surface area (Å²) in [4.78, 5) is 0. The second kappa shape index (κ2) is 9.70. The zero-order valence-electron chi connectivity index (χ0n) is 13.7. The van der Waals surface area contributed by atoms with Gasteiger partial charge in [0, 0.05) is 18.3 Å². The molecule has 0 rings (SSSR count). The van der Waals surface area contributed by atoms with Crippen LogP contribution >= 0.6 is 0 Å². The minimum atomic E-state index is -2.73. The largest absolute Gasteiger partial charge is 0.529 e. The monoisotopic (exact) mass is 288 g/mol. The molecule has 0 aliphatic rings. The van der Waals surface area contributed by atoms with Gasteiger partial charge < -0.3 is 13.3 Å². The number of allylic oxidation sites excluding steroid dienone is 1. The number of hydrogen-bond donors (Lipinski definition) is 0. The SMILES string of the molecule is C/C=C\[Si](OC(C)CC)(OC(C)CC)OC(C)CC. The lowest BCUT2D eigenvalue weighted by Gasteiger charge is -2.34. The lowest BCUT2D eigenvalue weighted by atomic mass is 10.3. The van der Waals surface area contributed by atoms with Gasteiger partial charge in [-0.15, -0.1) is 0 Å². The first-order valence-electron chi connectivity index (χ1n) is 7.60. The molecule has 0 aliphatic heterocycles. The van der Waals surface area contributed by atoms with Gasteiger partial charge in [-0.3, -0.25) is 0 Å². The van der Waals surface area contributed by atoms with E-state index in [1.165, 1.54) is 0 Å². The van der Waals surface area contributed by atoms with Gasteiger partial charge in [0.15, 0.2) is 0 Å². The fraction of sp³-hybridized carbons (Fsp3) is 0.867. The second-order valence-electron chi connectivity index (χ2n) is 5.11. The van der Waals surface area contributed by atoms with Crippen molar-refractivity contribution in [3.63, 3.8) is 0 Å². The smallest absolute Gasteiger partial charge is 0.368 e. The van der Waals surface area contributed by atoms with Crippen molar-refractivity contribution in [1.29, 1.82) is 0 Å². The zero-order chi connectivity index (χ0) is 14.9. The third kappa shape index (κ3) is 7.25. The highest BCUT2D eigenvalue weighted by Gasteiger charge is 2.42. The first kappa shape index (κ1) is 18.8. The molecule has 0 aromatic carbocycles. The molecule has 0 aromatic heterocycles. The van der Waals surface area contributed by atoms with Crippen LogP contribution in [0.5, 0.6) is 0 Å². The summed E-state index contributed by atoms with van der Waals surface area (Å²) in [6.45, 7) is 14.6. The quantitative estimate of drug-likeness (QED) is 0.554. The summed E-state index contributed by atoms with van der Waals surface area (Å²) in [5.41, 5.74) is 2.01. The lowest BCUT2D eigenvalue weighted by molar-refractivity contribution is -0.000615. The fourth-order valence-corrected chi connectivity index (χ4v) is 4.49. The number of rotatable bonds is 10. The predicted octanol–water partition coefficient (Wildman–Crippen LogP) is 4.49. The van der Waals surface area contributed by atoms with Gasteiger partial charge in [0.1, 0.15) is 0 Å². The average molecular weight is 289 g/mol. The van der Waals surface area contributed by atoms with Crippen molar-refractivity contribution in [2.24, 2.45) is 0 Å². The van der Waals surface area contributed by atoms with E-state index in [1.807, 2.05) is 18.7 Å². The van der Waals surface area contributed by atoms with Gasteiger partial charge in [-0.05, 0) is 52.7 Å². The standard InChI is InChI=1S/C15H32O3Si/c1-8-12-19(16-13(5)9-2,17-14(6)10-3)18-15(7)11-4/h8,12-15H,9-11H2,1-7H3/b12-8-. The van der Waals surface area contributed by atoms with Crippen LogP contribution in [-0.4, -0.2) is 27.1 Å². The van der Waals surface area contributed by atoms with E-state index in [1.54, 1.807) is 0 Å². The van der Waals surface area contributed by atoms with Crippen LogP contribution < -0.4 is 0 Å². The van der Waals surface area contributed by atoms with E-state index in [9.17, 15) is 0 Å². The van der Waals surface area contributed by atoms with Crippen LogP contribution in [0.25, 0.3) is 0 Å². The lowest BCUT2D eigenvalue weighted by Crippen LogP contribution is -2.50. The van der Waals surface area contributed by atoms with Crippen LogP contribution in [0.2, 0.25) is 0 Å². The predicted molar refractivity (Wildman–Crippen MR) is 83.1 cm³/mol. The Morgan fingerprint density at radius 1 is 0.789 bits per heavy atom. The molecule has 0 saturated carbocycles. The molecule has 114 valence electrons. The summed E-state index contributed by atoms with van der Waals surface area (Å²) in [6, 6.07) is 0. The van der Waals surface area contributed by atoms with Crippen LogP contribution in [0.3, 0.4) is 0 Å². The van der Waals surface area contributed by atoms with Crippen molar-refractivity contribution < 1.29 is 13.3 Å². The summed E-state index contributed by atoms with van der Waals surface area (Å²) in [5, 5.41) is 0. The van der Waals surface area contributed by atoms with Gasteiger partial charge >= 0.3 is 8.80 Å². The molecule has 0 heterocycles. The Balaban J connectivity index is 5.08. The van der Waals surface area contributed by atoms with Crippen molar-refractivity contribution in [3.05, 3.63) is 11.8 Å². The molecule has 4 heteroatoms. The molecule has 0 radical (unpaired) electrons. The molecule has 3 atom stereocenters. The van der Waals surface area contributed by atoms with Gasteiger partial charge in [-0.25, -0.2) is 0 Å². The molecular weight excluding hydrogens is 256 g/mol. The van der Waals surface area contributed by atoms with Gasteiger partial charge in [0.05, 0.1) is 0 Å². The summed E-state index contributed by atoms with van der Waals surface area (Å²) in [7, 11) is -2.73. The molecule has 0 aliphatic carbocycles. The van der Waals surface area contributed by atoms with E-state index >= 15 is 0 Å². The van der Waals surface area contributed by atoms with Crippen LogP contribution in [0.1, 0.15) is 67.7 Å². The first-order chi connectivity index (χ1) is 8.92. The Hall–Kier alpha value is -0.163. The fourth-order valence-electron chi connectivity index (χ4n) is 1.50. The Kier molecular flexibility index (Phi) is 9.61.